The van der Waals surface area contributed by atoms with Crippen molar-refractivity contribution in [1.29, 1.82) is 0 Å². The van der Waals surface area contributed by atoms with Gasteiger partial charge in [-0.05, 0) is 12.8 Å². The van der Waals surface area contributed by atoms with Crippen LogP contribution in [0.3, 0.4) is 0 Å². The van der Waals surface area contributed by atoms with Gasteiger partial charge in [0, 0.05) is 32.0 Å². The quantitative estimate of drug-likeness (QED) is 0.213. The van der Waals surface area contributed by atoms with E-state index < -0.39 is 8.07 Å². The Morgan fingerprint density at radius 2 is 1.19 bits per heavy atom. The van der Waals surface area contributed by atoms with Crippen LogP contribution in [0.25, 0.3) is 0 Å². The molecule has 21 heavy (non-hydrogen) atoms. The van der Waals surface area contributed by atoms with Gasteiger partial charge in [0.15, 0.2) is 0 Å². The standard InChI is InChI=1S/C15H38O2P2Si2.2H2/c1-21(15-12-20,13-8-4-2-6-10-16-18)14-9-5-3-7-11-17-19;;/h2-15,18-19H2,1,20H3;2*1H/i;2*1+2. The van der Waals surface area contributed by atoms with Crippen molar-refractivity contribution in [3.05, 3.63) is 0 Å². The van der Waals surface area contributed by atoms with Crippen molar-refractivity contribution in [3.63, 3.8) is 0 Å². The second-order valence-electron chi connectivity index (χ2n) is 6.63. The zero-order valence-corrected chi connectivity index (χ0v) is 19.7. The Balaban J connectivity index is -0.00000200. The van der Waals surface area contributed by atoms with Crippen molar-refractivity contribution in [2.45, 2.75) is 82.1 Å². The Morgan fingerprint density at radius 1 is 0.762 bits per heavy atom. The van der Waals surface area contributed by atoms with E-state index in [1.807, 2.05) is 0 Å². The zero-order valence-electron chi connectivity index (χ0n) is 14.4. The molecule has 0 aliphatic heterocycles. The van der Waals surface area contributed by atoms with Crippen LogP contribution < -0.4 is 0 Å². The number of unbranched alkanes of at least 4 members (excludes halogenated alkanes) is 6. The van der Waals surface area contributed by atoms with Crippen LogP contribution >= 0.6 is 18.9 Å². The fourth-order valence-electron chi connectivity index (χ4n) is 3.16. The molecule has 0 bridgehead atoms. The Kier molecular flexibility index (Phi) is 17.0. The number of hydrogen-bond acceptors (Lipinski definition) is 2. The minimum Gasteiger partial charge on any atom is -0.366 e. The van der Waals surface area contributed by atoms with Crippen molar-refractivity contribution in [2.75, 3.05) is 13.2 Å². The number of rotatable bonds is 16. The predicted molar refractivity (Wildman–Crippen MR) is 113 cm³/mol. The third-order valence-corrected chi connectivity index (χ3v) is 11.2. The molecule has 0 radical (unpaired) electrons. The molecule has 132 valence electrons. The van der Waals surface area contributed by atoms with Gasteiger partial charge in [0.25, 0.3) is 0 Å². The maximum atomic E-state index is 5.04. The van der Waals surface area contributed by atoms with Crippen LogP contribution in [0.2, 0.25) is 30.7 Å². The van der Waals surface area contributed by atoms with Crippen molar-refractivity contribution in [1.82, 2.24) is 0 Å². The molecule has 0 rings (SSSR count). The molecule has 0 spiro atoms. The van der Waals surface area contributed by atoms with Gasteiger partial charge in [0.2, 0.25) is 0 Å². The molecule has 0 aromatic rings. The van der Waals surface area contributed by atoms with Crippen molar-refractivity contribution in [2.24, 2.45) is 0 Å². The van der Waals surface area contributed by atoms with Crippen molar-refractivity contribution in [3.8, 4) is 0 Å². The van der Waals surface area contributed by atoms with Gasteiger partial charge in [-0.2, -0.15) is 0 Å². The van der Waals surface area contributed by atoms with E-state index in [4.69, 9.17) is 9.05 Å². The van der Waals surface area contributed by atoms with Gasteiger partial charge in [-0.1, -0.05) is 69.2 Å². The lowest BCUT2D eigenvalue weighted by molar-refractivity contribution is 0.354. The molecule has 0 aliphatic carbocycles. The van der Waals surface area contributed by atoms with E-state index in [9.17, 15) is 0 Å². The summed E-state index contributed by atoms with van der Waals surface area (Å²) in [6.45, 7) is 4.47. The second-order valence-corrected chi connectivity index (χ2v) is 13.4. The van der Waals surface area contributed by atoms with Crippen LogP contribution in [-0.2, 0) is 9.05 Å². The topological polar surface area (TPSA) is 18.5 Å². The lowest BCUT2D eigenvalue weighted by Crippen LogP contribution is -2.29. The van der Waals surface area contributed by atoms with E-state index in [0.717, 1.165) is 13.2 Å². The van der Waals surface area contributed by atoms with Crippen LogP contribution in [0.4, 0.5) is 0 Å². The Bertz CT molecular complexity index is 216. The first-order chi connectivity index (χ1) is 10.2. The number of hydrogen-bond donors (Lipinski definition) is 0. The smallest absolute Gasteiger partial charge is 0.0501 e. The minimum atomic E-state index is -0.922. The summed E-state index contributed by atoms with van der Waals surface area (Å²) in [4.78, 5) is 0. The van der Waals surface area contributed by atoms with Crippen LogP contribution in [0.5, 0.6) is 0 Å². The predicted octanol–water partition coefficient (Wildman–Crippen LogP) is 5.07. The van der Waals surface area contributed by atoms with Gasteiger partial charge in [0.05, 0.1) is 21.3 Å². The third-order valence-electron chi connectivity index (χ3n) is 4.44. The first-order valence-electron chi connectivity index (χ1n) is 8.82. The Morgan fingerprint density at radius 3 is 1.57 bits per heavy atom. The Labute approximate surface area is 144 Å². The largest absolute Gasteiger partial charge is 0.366 e. The monoisotopic (exact) mass is 376 g/mol. The maximum absolute atomic E-state index is 5.04. The molecular formula is C15H42O2P2Si2. The fraction of sp³-hybridized carbons (Fsp3) is 1.00. The summed E-state index contributed by atoms with van der Waals surface area (Å²) in [6.07, 6.45) is 10.9. The summed E-state index contributed by atoms with van der Waals surface area (Å²) < 4.78 is 10.1. The molecule has 2 nitrogen and oxygen atoms in total. The first kappa shape index (κ1) is 22.2. The van der Waals surface area contributed by atoms with Gasteiger partial charge in [0.1, 0.15) is 0 Å². The van der Waals surface area contributed by atoms with E-state index in [1.165, 1.54) is 67.7 Å². The molecule has 0 amide bonds. The molecule has 0 saturated heterocycles. The summed E-state index contributed by atoms with van der Waals surface area (Å²) in [5, 5.41) is 0. The van der Waals surface area contributed by atoms with E-state index >= 15 is 0 Å². The van der Waals surface area contributed by atoms with E-state index in [-0.39, 0.29) is 2.85 Å². The molecule has 0 saturated carbocycles. The molecule has 0 N–H and O–H groups in total. The van der Waals surface area contributed by atoms with Gasteiger partial charge < -0.3 is 9.05 Å². The molecule has 2 unspecified atom stereocenters. The molecule has 0 aromatic heterocycles. The van der Waals surface area contributed by atoms with Gasteiger partial charge in [-0.15, -0.1) is 0 Å². The molecule has 0 aromatic carbocycles. The Hall–Kier alpha value is 1.21. The van der Waals surface area contributed by atoms with Crippen LogP contribution in [-0.4, -0.2) is 31.5 Å². The first-order valence-corrected chi connectivity index (χ1v) is 14.3. The second kappa shape index (κ2) is 16.1. The third kappa shape index (κ3) is 14.5. The average Bonchev–Trinajstić information content (AvgIpc) is 2.47. The van der Waals surface area contributed by atoms with E-state index in [2.05, 4.69) is 25.5 Å². The highest BCUT2D eigenvalue weighted by Crippen LogP contribution is 2.28. The molecule has 6 heteroatoms. The molecule has 2 atom stereocenters. The van der Waals surface area contributed by atoms with Gasteiger partial charge in [-0.25, -0.2) is 0 Å². The van der Waals surface area contributed by atoms with Gasteiger partial charge in [-0.3, -0.25) is 0 Å². The van der Waals surface area contributed by atoms with Crippen LogP contribution in [0, 0.1) is 0 Å². The molecule has 0 heterocycles. The lowest BCUT2D eigenvalue weighted by Gasteiger charge is -2.27. The maximum Gasteiger partial charge on any atom is 0.0501 e. The van der Waals surface area contributed by atoms with E-state index in [0.29, 0.717) is 0 Å². The SMILES string of the molecule is C[Si](CC[SiH3])(CCCCCCOP)CCCCCCOP.[3HH].[3HH]. The van der Waals surface area contributed by atoms with Crippen LogP contribution in [0.1, 0.15) is 54.2 Å². The highest BCUT2D eigenvalue weighted by atomic mass is 31.0. The normalized spacial score (nSPS) is 12.1. The summed E-state index contributed by atoms with van der Waals surface area (Å²) in [7, 11) is 5.16. The van der Waals surface area contributed by atoms with Crippen molar-refractivity contribution >= 4 is 37.2 Å². The zero-order chi connectivity index (χ0) is 15.8. The summed E-state index contributed by atoms with van der Waals surface area (Å²) in [5.74, 6) is 0. The van der Waals surface area contributed by atoms with E-state index in [1.54, 1.807) is 18.1 Å². The minimum absolute atomic E-state index is 0. The summed E-state index contributed by atoms with van der Waals surface area (Å²) in [5.41, 5.74) is 0. The van der Waals surface area contributed by atoms with Crippen LogP contribution in [0.15, 0.2) is 0 Å². The van der Waals surface area contributed by atoms with Gasteiger partial charge >= 0.3 is 0 Å². The average molecular weight is 377 g/mol. The highest BCUT2D eigenvalue weighted by molar-refractivity contribution is 7.10. The molecule has 0 aliphatic rings. The summed E-state index contributed by atoms with van der Waals surface area (Å²) >= 11 is 0. The lowest BCUT2D eigenvalue weighted by atomic mass is 10.2. The summed E-state index contributed by atoms with van der Waals surface area (Å²) in [6, 6.07) is 6.23. The molecule has 0 fully saturated rings. The highest BCUT2D eigenvalue weighted by Gasteiger charge is 2.24. The fourth-order valence-corrected chi connectivity index (χ4v) is 11.3. The van der Waals surface area contributed by atoms with Crippen molar-refractivity contribution < 1.29 is 11.9 Å². The molecular weight excluding hydrogens is 330 g/mol.